The first-order valence-corrected chi connectivity index (χ1v) is 11.0. The number of nitrogens with zero attached hydrogens (tertiary/aromatic N) is 6. The number of hydrogen-bond acceptors (Lipinski definition) is 4. The van der Waals surface area contributed by atoms with Gasteiger partial charge >= 0.3 is 0 Å². The van der Waals surface area contributed by atoms with Crippen molar-refractivity contribution in [1.29, 1.82) is 0 Å². The van der Waals surface area contributed by atoms with Gasteiger partial charge in [0, 0.05) is 48.1 Å². The van der Waals surface area contributed by atoms with E-state index in [9.17, 15) is 4.79 Å². The van der Waals surface area contributed by atoms with Crippen molar-refractivity contribution in [3.8, 4) is 16.9 Å². The maximum absolute atomic E-state index is 13.0. The second-order valence-corrected chi connectivity index (χ2v) is 7.97. The molecule has 4 aromatic heterocycles. The lowest BCUT2D eigenvalue weighted by Gasteiger charge is -2.14. The Hall–Kier alpha value is -4.20. The smallest absolute Gasteiger partial charge is 0.272 e. The minimum atomic E-state index is -0.241. The molecule has 1 atom stereocenters. The Morgan fingerprint density at radius 1 is 1.12 bits per heavy atom. The fourth-order valence-corrected chi connectivity index (χ4v) is 4.02. The van der Waals surface area contributed by atoms with Gasteiger partial charge in [-0.25, -0.2) is 9.50 Å². The highest BCUT2D eigenvalue weighted by Crippen LogP contribution is 2.24. The predicted molar refractivity (Wildman–Crippen MR) is 126 cm³/mol. The molecule has 1 N–H and O–H groups in total. The van der Waals surface area contributed by atoms with Gasteiger partial charge in [-0.3, -0.25) is 9.48 Å². The highest BCUT2D eigenvalue weighted by atomic mass is 16.2. The monoisotopic (exact) mass is 439 g/mol. The van der Waals surface area contributed by atoms with Crippen molar-refractivity contribution >= 4 is 11.6 Å². The number of aromatic nitrogens is 6. The van der Waals surface area contributed by atoms with Crippen LogP contribution in [-0.4, -0.2) is 34.9 Å². The van der Waals surface area contributed by atoms with Crippen molar-refractivity contribution in [1.82, 2.24) is 34.3 Å². The summed E-state index contributed by atoms with van der Waals surface area (Å²) in [5.74, 6) is -0.241. The Kier molecular flexibility index (Phi) is 5.26. The van der Waals surface area contributed by atoms with Gasteiger partial charge in [0.15, 0.2) is 11.3 Å². The Balaban J connectivity index is 1.38. The number of carbonyl (C=O) groups excluding carboxylic acids is 1. The number of nitrogens with one attached hydrogen (secondary N) is 1. The van der Waals surface area contributed by atoms with Crippen molar-refractivity contribution in [2.24, 2.45) is 0 Å². The first-order chi connectivity index (χ1) is 16.0. The van der Waals surface area contributed by atoms with Crippen LogP contribution in [0.2, 0.25) is 0 Å². The van der Waals surface area contributed by atoms with E-state index in [4.69, 9.17) is 0 Å². The van der Waals surface area contributed by atoms with E-state index in [1.165, 1.54) is 0 Å². The summed E-state index contributed by atoms with van der Waals surface area (Å²) >= 11 is 0. The van der Waals surface area contributed by atoms with Crippen molar-refractivity contribution in [3.05, 3.63) is 90.3 Å². The molecule has 0 fully saturated rings. The highest BCUT2D eigenvalue weighted by Gasteiger charge is 2.18. The molecule has 4 heterocycles. The fourth-order valence-electron chi connectivity index (χ4n) is 4.02. The predicted octanol–water partition coefficient (Wildman–Crippen LogP) is 4.20. The van der Waals surface area contributed by atoms with E-state index >= 15 is 0 Å². The largest absolute Gasteiger partial charge is 0.344 e. The minimum Gasteiger partial charge on any atom is -0.344 e. The van der Waals surface area contributed by atoms with Crippen molar-refractivity contribution in [2.45, 2.75) is 33.4 Å². The molecule has 166 valence electrons. The van der Waals surface area contributed by atoms with Gasteiger partial charge in [0.1, 0.15) is 0 Å². The molecule has 5 rings (SSSR count). The van der Waals surface area contributed by atoms with Gasteiger partial charge in [0.2, 0.25) is 0 Å². The topological polar surface area (TPSA) is 82.0 Å². The molecule has 1 aromatic carbocycles. The van der Waals surface area contributed by atoms with Gasteiger partial charge in [-0.1, -0.05) is 12.1 Å². The van der Waals surface area contributed by atoms with Crippen molar-refractivity contribution < 1.29 is 4.79 Å². The highest BCUT2D eigenvalue weighted by molar-refractivity contribution is 5.93. The molecule has 0 bridgehead atoms. The third-order valence-electron chi connectivity index (χ3n) is 5.91. The number of fused-ring (bicyclic) bond motifs is 1. The molecule has 8 nitrogen and oxygen atoms in total. The van der Waals surface area contributed by atoms with E-state index < -0.39 is 0 Å². The summed E-state index contributed by atoms with van der Waals surface area (Å²) in [5, 5.41) is 12.0. The zero-order valence-electron chi connectivity index (χ0n) is 18.8. The number of amides is 1. The number of hydrogen-bond donors (Lipinski definition) is 1. The second kappa shape index (κ2) is 8.38. The Morgan fingerprint density at radius 2 is 1.88 bits per heavy atom. The summed E-state index contributed by atoms with van der Waals surface area (Å²) in [4.78, 5) is 17.4. The summed E-state index contributed by atoms with van der Waals surface area (Å²) in [7, 11) is 0. The number of rotatable bonds is 6. The lowest BCUT2D eigenvalue weighted by Crippen LogP contribution is -2.27. The van der Waals surface area contributed by atoms with E-state index in [-0.39, 0.29) is 11.9 Å². The zero-order valence-corrected chi connectivity index (χ0v) is 18.8. The summed E-state index contributed by atoms with van der Waals surface area (Å²) < 4.78 is 5.68. The number of benzene rings is 1. The van der Waals surface area contributed by atoms with Crippen LogP contribution in [0.15, 0.2) is 73.3 Å². The molecule has 0 aliphatic rings. The molecule has 1 unspecified atom stereocenters. The van der Waals surface area contributed by atoms with Crippen LogP contribution >= 0.6 is 0 Å². The average molecular weight is 440 g/mol. The van der Waals surface area contributed by atoms with Crippen molar-refractivity contribution in [2.75, 3.05) is 0 Å². The first kappa shape index (κ1) is 20.7. The van der Waals surface area contributed by atoms with Crippen LogP contribution in [0.5, 0.6) is 0 Å². The molecule has 0 aliphatic carbocycles. The lowest BCUT2D eigenvalue weighted by atomic mass is 10.1. The van der Waals surface area contributed by atoms with E-state index in [0.717, 1.165) is 34.7 Å². The molecule has 8 heteroatoms. The molecule has 0 radical (unpaired) electrons. The normalized spacial score (nSPS) is 12.2. The van der Waals surface area contributed by atoms with Gasteiger partial charge in [0.25, 0.3) is 5.91 Å². The SMILES string of the molecule is CCn1ncc(-c2ccnc3cc(C(=O)NC(C)c4ccc(-n5cccc5)cc4)nn23)c1C. The van der Waals surface area contributed by atoms with Crippen LogP contribution in [-0.2, 0) is 6.54 Å². The van der Waals surface area contributed by atoms with Crippen LogP contribution in [0.1, 0.15) is 41.6 Å². The van der Waals surface area contributed by atoms with E-state index in [1.54, 1.807) is 16.8 Å². The van der Waals surface area contributed by atoms with E-state index in [0.29, 0.717) is 11.3 Å². The molecule has 1 amide bonds. The summed E-state index contributed by atoms with van der Waals surface area (Å²) in [6.45, 7) is 6.83. The van der Waals surface area contributed by atoms with Gasteiger partial charge in [-0.15, -0.1) is 0 Å². The molecular weight excluding hydrogens is 414 g/mol. The minimum absolute atomic E-state index is 0.168. The van der Waals surface area contributed by atoms with Crippen LogP contribution in [0.3, 0.4) is 0 Å². The maximum atomic E-state index is 13.0. The summed E-state index contributed by atoms with van der Waals surface area (Å²) in [6.07, 6.45) is 7.56. The van der Waals surface area contributed by atoms with E-state index in [1.807, 2.05) is 84.2 Å². The second-order valence-electron chi connectivity index (χ2n) is 7.97. The van der Waals surface area contributed by atoms with Gasteiger partial charge in [-0.05, 0) is 56.7 Å². The fraction of sp³-hybridized carbons (Fsp3) is 0.200. The molecule has 0 saturated heterocycles. The standard InChI is InChI=1S/C25H25N7O/c1-4-31-18(3)21(16-27-31)23-11-12-26-24-15-22(29-32(23)24)25(33)28-17(2)19-7-9-20(10-8-19)30-13-5-6-14-30/h5-17H,4H2,1-3H3,(H,28,33). The zero-order chi connectivity index (χ0) is 22.9. The lowest BCUT2D eigenvalue weighted by molar-refractivity contribution is 0.0934. The molecule has 33 heavy (non-hydrogen) atoms. The Labute approximate surface area is 191 Å². The quantitative estimate of drug-likeness (QED) is 0.430. The third-order valence-corrected chi connectivity index (χ3v) is 5.91. The molecule has 0 saturated carbocycles. The molecule has 0 aliphatic heterocycles. The van der Waals surface area contributed by atoms with Gasteiger partial charge < -0.3 is 9.88 Å². The Morgan fingerprint density at radius 3 is 2.58 bits per heavy atom. The average Bonchev–Trinajstić information content (AvgIpc) is 3.58. The molecule has 5 aromatic rings. The summed E-state index contributed by atoms with van der Waals surface area (Å²) in [6, 6.07) is 15.5. The maximum Gasteiger partial charge on any atom is 0.272 e. The number of carbonyl (C=O) groups is 1. The van der Waals surface area contributed by atoms with Gasteiger partial charge in [-0.2, -0.15) is 10.2 Å². The van der Waals surface area contributed by atoms with Gasteiger partial charge in [0.05, 0.1) is 17.9 Å². The molecular formula is C25H25N7O. The van der Waals surface area contributed by atoms with Crippen LogP contribution in [0.25, 0.3) is 22.6 Å². The number of aryl methyl sites for hydroxylation is 1. The first-order valence-electron chi connectivity index (χ1n) is 11.0. The molecule has 0 spiro atoms. The van der Waals surface area contributed by atoms with Crippen molar-refractivity contribution in [3.63, 3.8) is 0 Å². The van der Waals surface area contributed by atoms with Crippen LogP contribution < -0.4 is 5.32 Å². The van der Waals surface area contributed by atoms with E-state index in [2.05, 4.69) is 27.4 Å². The van der Waals surface area contributed by atoms with Crippen LogP contribution in [0, 0.1) is 6.92 Å². The Bertz CT molecular complexity index is 1410. The summed E-state index contributed by atoms with van der Waals surface area (Å²) in [5.41, 5.74) is 5.90. The van der Waals surface area contributed by atoms with Crippen LogP contribution in [0.4, 0.5) is 0 Å². The third kappa shape index (κ3) is 3.80.